The smallest absolute Gasteiger partial charge is 0.494 e. The van der Waals surface area contributed by atoms with Gasteiger partial charge in [-0.25, -0.2) is 4.39 Å². The Hall–Kier alpha value is -2.81. The van der Waals surface area contributed by atoms with Crippen LogP contribution >= 0.6 is 0 Å². The maximum absolute atomic E-state index is 13.8. The van der Waals surface area contributed by atoms with Crippen molar-refractivity contribution >= 4 is 11.6 Å². The molecule has 2 rings (SSSR count). The number of carbonyl (C=O) groups excluding carboxylic acids is 1. The number of likely N-dealkylation sites (N-methyl/N-ethyl adjacent to an activating group) is 1. The molecule has 2 aromatic rings. The highest BCUT2D eigenvalue weighted by Gasteiger charge is 2.31. The first-order chi connectivity index (χ1) is 13.1. The van der Waals surface area contributed by atoms with E-state index in [0.29, 0.717) is 17.8 Å². The number of nitrogens with one attached hydrogen (secondary N) is 2. The van der Waals surface area contributed by atoms with Crippen LogP contribution in [0.4, 0.5) is 23.2 Å². The lowest BCUT2D eigenvalue weighted by Crippen LogP contribution is -3.12. The summed E-state index contributed by atoms with van der Waals surface area (Å²) in [6.07, 6.45) is -4.77. The van der Waals surface area contributed by atoms with Crippen LogP contribution in [-0.4, -0.2) is 32.5 Å². The van der Waals surface area contributed by atoms with Crippen molar-refractivity contribution in [1.82, 2.24) is 0 Å². The highest BCUT2D eigenvalue weighted by Crippen LogP contribution is 2.24. The summed E-state index contributed by atoms with van der Waals surface area (Å²) >= 11 is 0. The number of benzene rings is 2. The van der Waals surface area contributed by atoms with Gasteiger partial charge in [0.2, 0.25) is 0 Å². The molecule has 152 valence electrons. The van der Waals surface area contributed by atoms with Crippen LogP contribution in [0, 0.1) is 5.82 Å². The molecule has 9 heteroatoms. The lowest BCUT2D eigenvalue weighted by molar-refractivity contribution is -0.907. The summed E-state index contributed by atoms with van der Waals surface area (Å²) in [5.74, 6) is -1.03. The van der Waals surface area contributed by atoms with E-state index >= 15 is 0 Å². The molecule has 0 aliphatic rings. The molecule has 0 aromatic heterocycles. The number of ether oxygens (including phenoxy) is 2. The minimum Gasteiger partial charge on any atom is -0.494 e. The lowest BCUT2D eigenvalue weighted by Gasteiger charge is -2.21. The zero-order valence-corrected chi connectivity index (χ0v) is 15.6. The summed E-state index contributed by atoms with van der Waals surface area (Å²) < 4.78 is 59.0. The molecule has 1 unspecified atom stereocenters. The third-order valence-electron chi connectivity index (χ3n) is 4.19. The van der Waals surface area contributed by atoms with E-state index in [4.69, 9.17) is 4.74 Å². The predicted octanol–water partition coefficient (Wildman–Crippen LogP) is 2.77. The van der Waals surface area contributed by atoms with Crippen LogP contribution < -0.4 is 19.7 Å². The number of amides is 1. The lowest BCUT2D eigenvalue weighted by atomic mass is 10.1. The van der Waals surface area contributed by atoms with E-state index in [-0.39, 0.29) is 17.4 Å². The van der Waals surface area contributed by atoms with Crippen molar-refractivity contribution in [3.8, 4) is 11.5 Å². The Morgan fingerprint density at radius 3 is 2.36 bits per heavy atom. The Bertz CT molecular complexity index is 810. The molecule has 2 N–H and O–H groups in total. The van der Waals surface area contributed by atoms with Crippen LogP contribution in [-0.2, 0) is 11.3 Å². The maximum Gasteiger partial charge on any atom is 0.573 e. The molecule has 2 aromatic carbocycles. The molecule has 1 amide bonds. The number of rotatable bonds is 7. The van der Waals surface area contributed by atoms with Gasteiger partial charge < -0.3 is 19.7 Å². The molecule has 28 heavy (non-hydrogen) atoms. The van der Waals surface area contributed by atoms with Gasteiger partial charge in [0.25, 0.3) is 5.91 Å². The summed E-state index contributed by atoms with van der Waals surface area (Å²) in [5, 5.41) is 2.64. The first kappa shape index (κ1) is 21.5. The van der Waals surface area contributed by atoms with E-state index in [2.05, 4.69) is 10.1 Å². The van der Waals surface area contributed by atoms with E-state index in [0.717, 1.165) is 17.0 Å². The van der Waals surface area contributed by atoms with Crippen LogP contribution in [0.1, 0.15) is 12.5 Å². The monoisotopic (exact) mass is 401 g/mol. The molecule has 0 aliphatic heterocycles. The third-order valence-corrected chi connectivity index (χ3v) is 4.19. The van der Waals surface area contributed by atoms with Crippen molar-refractivity contribution in [2.75, 3.05) is 19.5 Å². The van der Waals surface area contributed by atoms with Gasteiger partial charge in [-0.1, -0.05) is 0 Å². The molecule has 5 nitrogen and oxygen atoms in total. The highest BCUT2D eigenvalue weighted by molar-refractivity contribution is 5.93. The Morgan fingerprint density at radius 1 is 1.18 bits per heavy atom. The molecule has 0 aliphatic carbocycles. The number of alkyl halides is 3. The predicted molar refractivity (Wildman–Crippen MR) is 94.8 cm³/mol. The summed E-state index contributed by atoms with van der Waals surface area (Å²) in [6.45, 7) is 2.10. The van der Waals surface area contributed by atoms with Gasteiger partial charge in [-0.05, 0) is 49.4 Å². The minimum absolute atomic E-state index is 0.144. The zero-order valence-electron chi connectivity index (χ0n) is 15.6. The molecule has 0 heterocycles. The van der Waals surface area contributed by atoms with Crippen molar-refractivity contribution < 1.29 is 36.7 Å². The first-order valence-electron chi connectivity index (χ1n) is 8.40. The van der Waals surface area contributed by atoms with Gasteiger partial charge in [-0.2, -0.15) is 0 Å². The van der Waals surface area contributed by atoms with Crippen LogP contribution in [0.15, 0.2) is 42.5 Å². The molecule has 0 saturated carbocycles. The number of hydrogen-bond acceptors (Lipinski definition) is 3. The molecule has 0 bridgehead atoms. The number of quaternary nitrogens is 1. The Balaban J connectivity index is 1.95. The fourth-order valence-electron chi connectivity index (χ4n) is 2.51. The Kier molecular flexibility index (Phi) is 6.85. The Morgan fingerprint density at radius 2 is 1.82 bits per heavy atom. The molecule has 0 spiro atoms. The summed E-state index contributed by atoms with van der Waals surface area (Å²) in [5.41, 5.74) is 1.04. The maximum atomic E-state index is 13.8. The number of halogens is 4. The number of hydrogen-bond donors (Lipinski definition) is 2. The van der Waals surface area contributed by atoms with Crippen LogP contribution in [0.3, 0.4) is 0 Å². The molecular formula is C19H21F4N2O3+. The largest absolute Gasteiger partial charge is 0.573 e. The van der Waals surface area contributed by atoms with Crippen molar-refractivity contribution in [1.29, 1.82) is 0 Å². The Labute approximate surface area is 159 Å². The SMILES string of the molecule is COc1ccc(C[NH+](C)[C@H](C)C(=O)Nc2ccc(OC(F)(F)F)cc2)cc1F. The van der Waals surface area contributed by atoms with Crippen LogP contribution in [0.25, 0.3) is 0 Å². The topological polar surface area (TPSA) is 52.0 Å². The minimum atomic E-state index is -4.77. The normalized spacial score (nSPS) is 13.5. The number of carbonyl (C=O) groups is 1. The van der Waals surface area contributed by atoms with Gasteiger partial charge in [0.05, 0.1) is 14.2 Å². The molecule has 0 radical (unpaired) electrons. The fraction of sp³-hybridized carbons (Fsp3) is 0.316. The van der Waals surface area contributed by atoms with E-state index in [1.165, 1.54) is 31.4 Å². The molecule has 2 atom stereocenters. The summed E-state index contributed by atoms with van der Waals surface area (Å²) in [7, 11) is 3.16. The quantitative estimate of drug-likeness (QED) is 0.702. The second kappa shape index (κ2) is 8.92. The second-order valence-electron chi connectivity index (χ2n) is 6.28. The number of methoxy groups -OCH3 is 1. The van der Waals surface area contributed by atoms with Gasteiger partial charge in [0.15, 0.2) is 17.6 Å². The van der Waals surface area contributed by atoms with Crippen molar-refractivity contribution in [3.05, 3.63) is 53.8 Å². The van der Waals surface area contributed by atoms with Crippen molar-refractivity contribution in [3.63, 3.8) is 0 Å². The van der Waals surface area contributed by atoms with Gasteiger partial charge in [0, 0.05) is 11.3 Å². The van der Waals surface area contributed by atoms with Gasteiger partial charge in [-0.3, -0.25) is 4.79 Å². The fourth-order valence-corrected chi connectivity index (χ4v) is 2.51. The molecular weight excluding hydrogens is 380 g/mol. The van der Waals surface area contributed by atoms with Gasteiger partial charge in [-0.15, -0.1) is 13.2 Å². The first-order valence-corrected chi connectivity index (χ1v) is 8.40. The average Bonchev–Trinajstić information content (AvgIpc) is 2.61. The zero-order chi connectivity index (χ0) is 20.9. The van der Waals surface area contributed by atoms with Gasteiger partial charge >= 0.3 is 6.36 Å². The highest BCUT2D eigenvalue weighted by atomic mass is 19.4. The third kappa shape index (κ3) is 6.12. The molecule has 0 fully saturated rings. The number of anilines is 1. The van der Waals surface area contributed by atoms with E-state index in [1.54, 1.807) is 20.0 Å². The summed E-state index contributed by atoms with van der Waals surface area (Å²) in [4.78, 5) is 13.2. The standard InChI is InChI=1S/C19H20F4N2O3/c1-12(25(2)11-13-4-9-17(27-3)16(20)10-13)18(26)24-14-5-7-15(8-6-14)28-19(21,22)23/h4-10,12H,11H2,1-3H3,(H,24,26)/p+1/t12-/m1/s1. The van der Waals surface area contributed by atoms with Crippen LogP contribution in [0.5, 0.6) is 11.5 Å². The van der Waals surface area contributed by atoms with E-state index in [1.807, 2.05) is 0 Å². The van der Waals surface area contributed by atoms with E-state index < -0.39 is 18.2 Å². The van der Waals surface area contributed by atoms with Crippen LogP contribution in [0.2, 0.25) is 0 Å². The van der Waals surface area contributed by atoms with Crippen molar-refractivity contribution in [2.45, 2.75) is 25.9 Å². The van der Waals surface area contributed by atoms with E-state index in [9.17, 15) is 22.4 Å². The summed E-state index contributed by atoms with van der Waals surface area (Å²) in [6, 6.07) is 8.97. The second-order valence-corrected chi connectivity index (χ2v) is 6.28. The molecule has 0 saturated heterocycles. The van der Waals surface area contributed by atoms with Gasteiger partial charge in [0.1, 0.15) is 12.3 Å². The average molecular weight is 401 g/mol. The van der Waals surface area contributed by atoms with Crippen molar-refractivity contribution in [2.24, 2.45) is 0 Å².